The summed E-state index contributed by atoms with van der Waals surface area (Å²) in [6, 6.07) is 0. The van der Waals surface area contributed by atoms with Crippen LogP contribution in [0.5, 0.6) is 0 Å². The Kier molecular flexibility index (Phi) is 6.11. The molecule has 0 heterocycles. The van der Waals surface area contributed by atoms with Gasteiger partial charge in [0.1, 0.15) is 0 Å². The molecule has 4 heteroatoms. The highest BCUT2D eigenvalue weighted by Crippen LogP contribution is 2.37. The minimum absolute atomic E-state index is 0.0802. The lowest BCUT2D eigenvalue weighted by Gasteiger charge is -2.46. The van der Waals surface area contributed by atoms with Crippen molar-refractivity contribution in [2.24, 2.45) is 11.7 Å². The zero-order chi connectivity index (χ0) is 14.5. The standard InChI is InChI=1S/C15H30N2O2/c1-5-13-7-9-15(11-16,10-8-13)17(6-2)14(18)19-12(3)4/h12-13H,5-11,16H2,1-4H3. The first-order valence-corrected chi connectivity index (χ1v) is 7.67. The van der Waals surface area contributed by atoms with Crippen LogP contribution >= 0.6 is 0 Å². The number of nitrogens with zero attached hydrogens (tertiary/aromatic N) is 1. The fraction of sp³-hybridized carbons (Fsp3) is 0.933. The van der Waals surface area contributed by atoms with E-state index in [0.717, 1.165) is 18.8 Å². The normalized spacial score (nSPS) is 27.4. The second-order valence-corrected chi connectivity index (χ2v) is 5.96. The average molecular weight is 270 g/mol. The molecule has 0 aromatic rings. The van der Waals surface area contributed by atoms with E-state index in [2.05, 4.69) is 6.92 Å². The van der Waals surface area contributed by atoms with Crippen LogP contribution in [-0.4, -0.2) is 35.7 Å². The smallest absolute Gasteiger partial charge is 0.410 e. The molecule has 1 aliphatic rings. The molecule has 0 unspecified atom stereocenters. The summed E-state index contributed by atoms with van der Waals surface area (Å²) in [5, 5.41) is 0. The third kappa shape index (κ3) is 3.85. The third-order valence-corrected chi connectivity index (χ3v) is 4.44. The van der Waals surface area contributed by atoms with Gasteiger partial charge >= 0.3 is 6.09 Å². The molecule has 0 spiro atoms. The van der Waals surface area contributed by atoms with Crippen LogP contribution in [0.15, 0.2) is 0 Å². The van der Waals surface area contributed by atoms with Crippen molar-refractivity contribution in [3.05, 3.63) is 0 Å². The van der Waals surface area contributed by atoms with Crippen molar-refractivity contribution in [1.82, 2.24) is 4.90 Å². The Morgan fingerprint density at radius 2 is 1.95 bits per heavy atom. The van der Waals surface area contributed by atoms with Crippen molar-refractivity contribution >= 4 is 6.09 Å². The zero-order valence-corrected chi connectivity index (χ0v) is 12.9. The summed E-state index contributed by atoms with van der Waals surface area (Å²) in [5.41, 5.74) is 5.83. The molecule has 2 N–H and O–H groups in total. The van der Waals surface area contributed by atoms with Crippen molar-refractivity contribution in [1.29, 1.82) is 0 Å². The number of likely N-dealkylation sites (N-methyl/N-ethyl adjacent to an activating group) is 1. The first kappa shape index (κ1) is 16.3. The Bertz CT molecular complexity index is 284. The molecular formula is C15H30N2O2. The lowest BCUT2D eigenvalue weighted by atomic mass is 9.74. The molecule has 4 nitrogen and oxygen atoms in total. The molecule has 1 saturated carbocycles. The summed E-state index contributed by atoms with van der Waals surface area (Å²) in [5.74, 6) is 0.791. The van der Waals surface area contributed by atoms with Gasteiger partial charge in [0.2, 0.25) is 0 Å². The first-order valence-electron chi connectivity index (χ1n) is 7.67. The Hall–Kier alpha value is -0.770. The van der Waals surface area contributed by atoms with E-state index < -0.39 is 0 Å². The summed E-state index contributed by atoms with van der Waals surface area (Å²) in [4.78, 5) is 14.1. The SMILES string of the molecule is CCC1CCC(CN)(N(CC)C(=O)OC(C)C)CC1. The molecule has 0 aliphatic heterocycles. The minimum Gasteiger partial charge on any atom is -0.447 e. The van der Waals surface area contributed by atoms with Crippen molar-refractivity contribution in [2.45, 2.75) is 71.4 Å². The maximum Gasteiger partial charge on any atom is 0.410 e. The second-order valence-electron chi connectivity index (χ2n) is 5.96. The van der Waals surface area contributed by atoms with Gasteiger partial charge in [-0.1, -0.05) is 13.3 Å². The van der Waals surface area contributed by atoms with Crippen molar-refractivity contribution < 1.29 is 9.53 Å². The van der Waals surface area contributed by atoms with Crippen LogP contribution in [-0.2, 0) is 4.74 Å². The Morgan fingerprint density at radius 3 is 2.32 bits per heavy atom. The molecule has 0 aromatic carbocycles. The van der Waals surface area contributed by atoms with Gasteiger partial charge in [-0.2, -0.15) is 0 Å². The van der Waals surface area contributed by atoms with E-state index >= 15 is 0 Å². The van der Waals surface area contributed by atoms with E-state index in [1.54, 1.807) is 0 Å². The monoisotopic (exact) mass is 270 g/mol. The van der Waals surface area contributed by atoms with E-state index in [-0.39, 0.29) is 17.7 Å². The average Bonchev–Trinajstić information content (AvgIpc) is 2.39. The van der Waals surface area contributed by atoms with E-state index in [1.165, 1.54) is 19.3 Å². The van der Waals surface area contributed by atoms with E-state index in [4.69, 9.17) is 10.5 Å². The molecule has 1 amide bonds. The van der Waals surface area contributed by atoms with Crippen LogP contribution in [0.3, 0.4) is 0 Å². The number of rotatable bonds is 5. The van der Waals surface area contributed by atoms with Crippen molar-refractivity contribution in [3.63, 3.8) is 0 Å². The molecule has 0 aromatic heterocycles. The summed E-state index contributed by atoms with van der Waals surface area (Å²) in [7, 11) is 0. The topological polar surface area (TPSA) is 55.6 Å². The molecule has 0 radical (unpaired) electrons. The number of hydrogen-bond donors (Lipinski definition) is 1. The number of amides is 1. The molecule has 1 fully saturated rings. The molecule has 0 saturated heterocycles. The summed E-state index contributed by atoms with van der Waals surface area (Å²) in [6.45, 7) is 9.21. The largest absolute Gasteiger partial charge is 0.447 e. The zero-order valence-electron chi connectivity index (χ0n) is 12.9. The molecule has 0 atom stereocenters. The highest BCUT2D eigenvalue weighted by molar-refractivity contribution is 5.69. The van der Waals surface area contributed by atoms with Gasteiger partial charge in [0.05, 0.1) is 11.6 Å². The fourth-order valence-electron chi connectivity index (χ4n) is 3.13. The van der Waals surface area contributed by atoms with Gasteiger partial charge < -0.3 is 15.4 Å². The van der Waals surface area contributed by atoms with Gasteiger partial charge in [-0.25, -0.2) is 4.79 Å². The summed E-state index contributed by atoms with van der Waals surface area (Å²) < 4.78 is 5.37. The molecule has 19 heavy (non-hydrogen) atoms. The van der Waals surface area contributed by atoms with Gasteiger partial charge in [0.25, 0.3) is 0 Å². The Morgan fingerprint density at radius 1 is 1.37 bits per heavy atom. The van der Waals surface area contributed by atoms with Crippen LogP contribution in [0.1, 0.15) is 59.8 Å². The summed E-state index contributed by atoms with van der Waals surface area (Å²) in [6.07, 6.45) is 5.27. The van der Waals surface area contributed by atoms with Crippen molar-refractivity contribution in [3.8, 4) is 0 Å². The Balaban J connectivity index is 2.78. The Labute approximate surface area is 117 Å². The summed E-state index contributed by atoms with van der Waals surface area (Å²) >= 11 is 0. The van der Waals surface area contributed by atoms with Crippen LogP contribution in [0, 0.1) is 5.92 Å². The fourth-order valence-corrected chi connectivity index (χ4v) is 3.13. The molecule has 1 rings (SSSR count). The number of carbonyl (C=O) groups excluding carboxylic acids is 1. The second kappa shape index (κ2) is 7.13. The third-order valence-electron chi connectivity index (χ3n) is 4.44. The number of ether oxygens (including phenoxy) is 1. The maximum absolute atomic E-state index is 12.2. The molecular weight excluding hydrogens is 240 g/mol. The number of carbonyl (C=O) groups is 1. The molecule has 1 aliphatic carbocycles. The minimum atomic E-state index is -0.210. The predicted octanol–water partition coefficient (Wildman–Crippen LogP) is 3.15. The van der Waals surface area contributed by atoms with Crippen LogP contribution in [0.2, 0.25) is 0 Å². The van der Waals surface area contributed by atoms with Gasteiger partial charge in [0.15, 0.2) is 0 Å². The van der Waals surface area contributed by atoms with Crippen LogP contribution < -0.4 is 5.73 Å². The van der Waals surface area contributed by atoms with Gasteiger partial charge in [-0.3, -0.25) is 0 Å². The van der Waals surface area contributed by atoms with E-state index in [0.29, 0.717) is 13.1 Å². The van der Waals surface area contributed by atoms with E-state index in [9.17, 15) is 4.79 Å². The quantitative estimate of drug-likeness (QED) is 0.835. The van der Waals surface area contributed by atoms with Gasteiger partial charge in [-0.05, 0) is 52.4 Å². The van der Waals surface area contributed by atoms with Crippen LogP contribution in [0.25, 0.3) is 0 Å². The highest BCUT2D eigenvalue weighted by atomic mass is 16.6. The van der Waals surface area contributed by atoms with Gasteiger partial charge in [-0.15, -0.1) is 0 Å². The number of hydrogen-bond acceptors (Lipinski definition) is 3. The lowest BCUT2D eigenvalue weighted by molar-refractivity contribution is 0.0155. The van der Waals surface area contributed by atoms with Crippen molar-refractivity contribution in [2.75, 3.05) is 13.1 Å². The molecule has 112 valence electrons. The maximum atomic E-state index is 12.2. The lowest BCUT2D eigenvalue weighted by Crippen LogP contribution is -2.58. The molecule has 0 bridgehead atoms. The van der Waals surface area contributed by atoms with Gasteiger partial charge in [0, 0.05) is 13.1 Å². The first-order chi connectivity index (χ1) is 8.99. The number of nitrogens with two attached hydrogens (primary N) is 1. The van der Waals surface area contributed by atoms with Crippen LogP contribution in [0.4, 0.5) is 4.79 Å². The predicted molar refractivity (Wildman–Crippen MR) is 78.0 cm³/mol. The van der Waals surface area contributed by atoms with E-state index in [1.807, 2.05) is 25.7 Å². The highest BCUT2D eigenvalue weighted by Gasteiger charge is 2.41.